The number of benzene rings is 1. The van der Waals surface area contributed by atoms with Gasteiger partial charge in [0.05, 0.1) is 33.4 Å². The van der Waals surface area contributed by atoms with Crippen LogP contribution in [0.15, 0.2) is 24.3 Å². The number of rotatable bonds is 10. The van der Waals surface area contributed by atoms with Crippen molar-refractivity contribution in [2.45, 2.75) is 38.9 Å². The molecule has 0 saturated carbocycles. The van der Waals surface area contributed by atoms with Gasteiger partial charge >= 0.3 is 5.97 Å². The minimum atomic E-state index is -0.642. The van der Waals surface area contributed by atoms with Crippen molar-refractivity contribution in [1.82, 2.24) is 0 Å². The van der Waals surface area contributed by atoms with Gasteiger partial charge in [0.25, 0.3) is 0 Å². The van der Waals surface area contributed by atoms with Crippen molar-refractivity contribution < 1.29 is 24.1 Å². The van der Waals surface area contributed by atoms with Crippen LogP contribution in [0, 0.1) is 5.92 Å². The smallest absolute Gasteiger partial charge is 0.308 e. The average Bonchev–Trinajstić information content (AvgIpc) is 2.53. The van der Waals surface area contributed by atoms with Crippen LogP contribution in [0.5, 0.6) is 5.75 Å². The van der Waals surface area contributed by atoms with Crippen LogP contribution in [0.1, 0.15) is 31.7 Å². The number of methoxy groups -OCH3 is 2. The first-order valence-electron chi connectivity index (χ1n) is 7.50. The standard InChI is InChI=1S/C17H26O5/c1-13(4-7-15(18)10-17(19)21-3)11-22-12-14-5-8-16(20-2)9-6-14/h5-6,8-9,13,15,18H,4,7,10-12H2,1-3H3/t13-,15+/m1/s1. The third-order valence-electron chi connectivity index (χ3n) is 3.45. The number of aliphatic hydroxyl groups excluding tert-OH is 1. The van der Waals surface area contributed by atoms with Crippen LogP contribution in [0.3, 0.4) is 0 Å². The first-order valence-corrected chi connectivity index (χ1v) is 7.50. The van der Waals surface area contributed by atoms with E-state index in [1.54, 1.807) is 7.11 Å². The van der Waals surface area contributed by atoms with E-state index in [-0.39, 0.29) is 12.4 Å². The number of carbonyl (C=O) groups excluding carboxylic acids is 1. The van der Waals surface area contributed by atoms with Crippen LogP contribution in [-0.2, 0) is 20.9 Å². The Balaban J connectivity index is 2.17. The molecule has 1 N–H and O–H groups in total. The fraction of sp³-hybridized carbons (Fsp3) is 0.588. The predicted octanol–water partition coefficient (Wildman–Crippen LogP) is 2.55. The van der Waals surface area contributed by atoms with Crippen LogP contribution >= 0.6 is 0 Å². The van der Waals surface area contributed by atoms with E-state index in [1.165, 1.54) is 7.11 Å². The molecule has 0 amide bonds. The van der Waals surface area contributed by atoms with Gasteiger partial charge in [-0.15, -0.1) is 0 Å². The third kappa shape index (κ3) is 7.43. The van der Waals surface area contributed by atoms with Crippen molar-refractivity contribution in [1.29, 1.82) is 0 Å². The summed E-state index contributed by atoms with van der Waals surface area (Å²) in [5, 5.41) is 9.70. The maximum absolute atomic E-state index is 11.0. The van der Waals surface area contributed by atoms with Gasteiger partial charge in [0, 0.05) is 6.61 Å². The molecule has 22 heavy (non-hydrogen) atoms. The summed E-state index contributed by atoms with van der Waals surface area (Å²) in [7, 11) is 2.96. The number of hydrogen-bond acceptors (Lipinski definition) is 5. The zero-order valence-corrected chi connectivity index (χ0v) is 13.6. The molecular weight excluding hydrogens is 284 g/mol. The molecule has 0 radical (unpaired) electrons. The van der Waals surface area contributed by atoms with Gasteiger partial charge in [-0.2, -0.15) is 0 Å². The Morgan fingerprint density at radius 3 is 2.45 bits per heavy atom. The maximum atomic E-state index is 11.0. The lowest BCUT2D eigenvalue weighted by Gasteiger charge is -2.14. The maximum Gasteiger partial charge on any atom is 0.308 e. The molecule has 0 spiro atoms. The van der Waals surface area contributed by atoms with Crippen LogP contribution in [0.25, 0.3) is 0 Å². The second kappa shape index (κ2) is 10.2. The lowest BCUT2D eigenvalue weighted by Crippen LogP contribution is -2.16. The van der Waals surface area contributed by atoms with Gasteiger partial charge in [-0.1, -0.05) is 19.1 Å². The SMILES string of the molecule is COC(=O)C[C@@H](O)CC[C@@H](C)COCc1ccc(OC)cc1. The third-order valence-corrected chi connectivity index (χ3v) is 3.45. The van der Waals surface area contributed by atoms with Gasteiger partial charge < -0.3 is 19.3 Å². The zero-order chi connectivity index (χ0) is 16.4. The van der Waals surface area contributed by atoms with Gasteiger partial charge in [0.1, 0.15) is 5.75 Å². The number of carbonyl (C=O) groups is 1. The van der Waals surface area contributed by atoms with E-state index in [0.717, 1.165) is 17.7 Å². The molecule has 0 aliphatic rings. The quantitative estimate of drug-likeness (QED) is 0.673. The molecule has 0 heterocycles. The molecule has 1 aromatic carbocycles. The minimum Gasteiger partial charge on any atom is -0.497 e. The van der Waals surface area contributed by atoms with E-state index in [1.807, 2.05) is 24.3 Å². The van der Waals surface area contributed by atoms with Gasteiger partial charge in [-0.3, -0.25) is 4.79 Å². The topological polar surface area (TPSA) is 65.0 Å². The summed E-state index contributed by atoms with van der Waals surface area (Å²) in [6, 6.07) is 7.77. The van der Waals surface area contributed by atoms with Gasteiger partial charge in [0.15, 0.2) is 0 Å². The van der Waals surface area contributed by atoms with E-state index >= 15 is 0 Å². The number of aliphatic hydroxyl groups is 1. The molecule has 0 aliphatic carbocycles. The first kappa shape index (κ1) is 18.5. The van der Waals surface area contributed by atoms with E-state index in [0.29, 0.717) is 25.6 Å². The fourth-order valence-electron chi connectivity index (χ4n) is 2.04. The normalized spacial score (nSPS) is 13.5. The van der Waals surface area contributed by atoms with Crippen molar-refractivity contribution in [2.75, 3.05) is 20.8 Å². The highest BCUT2D eigenvalue weighted by Gasteiger charge is 2.12. The van der Waals surface area contributed by atoms with Gasteiger partial charge in [-0.05, 0) is 36.5 Å². The van der Waals surface area contributed by atoms with Crippen molar-refractivity contribution in [3.8, 4) is 5.75 Å². The van der Waals surface area contributed by atoms with Crippen molar-refractivity contribution in [2.24, 2.45) is 5.92 Å². The van der Waals surface area contributed by atoms with E-state index in [2.05, 4.69) is 11.7 Å². The Kier molecular flexibility index (Phi) is 8.55. The molecule has 124 valence electrons. The van der Waals surface area contributed by atoms with E-state index in [9.17, 15) is 9.90 Å². The summed E-state index contributed by atoms with van der Waals surface area (Å²) in [5.74, 6) is 0.776. The molecule has 0 bridgehead atoms. The van der Waals surface area contributed by atoms with E-state index < -0.39 is 6.10 Å². The lowest BCUT2D eigenvalue weighted by molar-refractivity contribution is -0.142. The molecule has 0 aliphatic heterocycles. The highest BCUT2D eigenvalue weighted by molar-refractivity contribution is 5.69. The molecule has 0 fully saturated rings. The molecule has 1 rings (SSSR count). The van der Waals surface area contributed by atoms with E-state index in [4.69, 9.17) is 9.47 Å². The first-order chi connectivity index (χ1) is 10.5. The van der Waals surface area contributed by atoms with Crippen molar-refractivity contribution in [3.63, 3.8) is 0 Å². The molecule has 0 saturated heterocycles. The van der Waals surface area contributed by atoms with Crippen LogP contribution in [0.2, 0.25) is 0 Å². The van der Waals surface area contributed by atoms with Gasteiger partial charge in [-0.25, -0.2) is 0 Å². The second-order valence-corrected chi connectivity index (χ2v) is 5.48. The second-order valence-electron chi connectivity index (χ2n) is 5.48. The number of esters is 1. The van der Waals surface area contributed by atoms with Gasteiger partial charge in [0.2, 0.25) is 0 Å². The number of hydrogen-bond donors (Lipinski definition) is 1. The monoisotopic (exact) mass is 310 g/mol. The Labute approximate surface area is 132 Å². The Hall–Kier alpha value is -1.59. The average molecular weight is 310 g/mol. The Bertz CT molecular complexity index is 429. The van der Waals surface area contributed by atoms with Crippen LogP contribution < -0.4 is 4.74 Å². The molecule has 5 heteroatoms. The number of ether oxygens (including phenoxy) is 3. The molecule has 1 aromatic rings. The highest BCUT2D eigenvalue weighted by atomic mass is 16.5. The van der Waals surface area contributed by atoms with Crippen LogP contribution in [0.4, 0.5) is 0 Å². The molecule has 5 nitrogen and oxygen atoms in total. The zero-order valence-electron chi connectivity index (χ0n) is 13.6. The molecule has 2 atom stereocenters. The summed E-state index contributed by atoms with van der Waals surface area (Å²) in [6.07, 6.45) is 0.787. The molecular formula is C17H26O5. The summed E-state index contributed by atoms with van der Waals surface area (Å²) in [5.41, 5.74) is 1.10. The summed E-state index contributed by atoms with van der Waals surface area (Å²) >= 11 is 0. The summed E-state index contributed by atoms with van der Waals surface area (Å²) < 4.78 is 15.3. The summed E-state index contributed by atoms with van der Waals surface area (Å²) in [6.45, 7) is 3.24. The lowest BCUT2D eigenvalue weighted by atomic mass is 10.0. The summed E-state index contributed by atoms with van der Waals surface area (Å²) in [4.78, 5) is 11.0. The van der Waals surface area contributed by atoms with Crippen molar-refractivity contribution in [3.05, 3.63) is 29.8 Å². The van der Waals surface area contributed by atoms with Crippen LogP contribution in [-0.4, -0.2) is 38.0 Å². The van der Waals surface area contributed by atoms with Crippen molar-refractivity contribution >= 4 is 5.97 Å². The Morgan fingerprint density at radius 1 is 1.18 bits per heavy atom. The molecule has 0 unspecified atom stereocenters. The largest absolute Gasteiger partial charge is 0.497 e. The Morgan fingerprint density at radius 2 is 1.86 bits per heavy atom. The predicted molar refractivity (Wildman–Crippen MR) is 83.7 cm³/mol. The highest BCUT2D eigenvalue weighted by Crippen LogP contribution is 2.14. The fourth-order valence-corrected chi connectivity index (χ4v) is 2.04. The minimum absolute atomic E-state index is 0.0515. The molecule has 0 aromatic heterocycles.